The molecule has 3 heteroatoms. The summed E-state index contributed by atoms with van der Waals surface area (Å²) in [5, 5.41) is 1.14. The first kappa shape index (κ1) is 8.92. The van der Waals surface area contributed by atoms with E-state index < -0.39 is 6.26 Å². The smallest absolute Gasteiger partial charge is 0.0914 e. The fourth-order valence-corrected chi connectivity index (χ4v) is 2.09. The van der Waals surface area contributed by atoms with Gasteiger partial charge in [-0.25, -0.2) is 0 Å². The van der Waals surface area contributed by atoms with Gasteiger partial charge in [0.05, 0.1) is 6.26 Å². The third-order valence-electron chi connectivity index (χ3n) is 1.57. The highest BCUT2D eigenvalue weighted by atomic mass is 32.4. The summed E-state index contributed by atoms with van der Waals surface area (Å²) in [5.41, 5.74) is 0. The molecule has 0 bridgehead atoms. The summed E-state index contributed by atoms with van der Waals surface area (Å²) in [6.07, 6.45) is -1.69. The lowest BCUT2D eigenvalue weighted by molar-refractivity contribution is 0.469. The molecule has 1 aromatic rings. The highest BCUT2D eigenvalue weighted by molar-refractivity contribution is 8.15. The Balaban J connectivity index is 3.03. The van der Waals surface area contributed by atoms with Crippen molar-refractivity contribution in [3.8, 4) is 0 Å². The zero-order valence-electron chi connectivity index (χ0n) is 6.65. The van der Waals surface area contributed by atoms with Crippen LogP contribution in [0.3, 0.4) is 0 Å². The van der Waals surface area contributed by atoms with E-state index in [0.29, 0.717) is 0 Å². The average Bonchev–Trinajstić information content (AvgIpc) is 2.06. The Morgan fingerprint density at radius 2 is 1.82 bits per heavy atom. The fraction of sp³-hybridized carbons (Fsp3) is 0.250. The van der Waals surface area contributed by atoms with Crippen LogP contribution in [0, 0.1) is 0 Å². The predicted molar refractivity (Wildman–Crippen MR) is 53.3 cm³/mol. The molecule has 0 spiro atoms. The summed E-state index contributed by atoms with van der Waals surface area (Å²) in [7, 11) is 1.67. The molecular formula is C8H11OPS. The standard InChI is InChI=1S/C8H11OPS/c1-9-10(2,11)8-6-4-3-5-7-8/h3-7H,1-2H3. The molecule has 11 heavy (non-hydrogen) atoms. The van der Waals surface area contributed by atoms with Gasteiger partial charge in [-0.05, 0) is 6.66 Å². The molecule has 1 unspecified atom stereocenters. The maximum atomic E-state index is 5.30. The van der Waals surface area contributed by atoms with Gasteiger partial charge in [-0.2, -0.15) is 0 Å². The summed E-state index contributed by atoms with van der Waals surface area (Å²) < 4.78 is 5.25. The van der Waals surface area contributed by atoms with E-state index in [2.05, 4.69) is 0 Å². The molecule has 0 saturated heterocycles. The Labute approximate surface area is 72.5 Å². The Morgan fingerprint density at radius 1 is 1.27 bits per heavy atom. The Bertz CT molecular complexity index is 271. The Hall–Kier alpha value is -0.170. The number of rotatable bonds is 2. The van der Waals surface area contributed by atoms with E-state index in [1.54, 1.807) is 7.11 Å². The van der Waals surface area contributed by atoms with Gasteiger partial charge in [0.15, 0.2) is 0 Å². The van der Waals surface area contributed by atoms with Crippen molar-refractivity contribution in [2.75, 3.05) is 13.8 Å². The van der Waals surface area contributed by atoms with Gasteiger partial charge in [-0.1, -0.05) is 42.1 Å². The molecule has 1 rings (SSSR count). The van der Waals surface area contributed by atoms with E-state index in [1.165, 1.54) is 0 Å². The van der Waals surface area contributed by atoms with Crippen molar-refractivity contribution < 1.29 is 4.52 Å². The molecule has 1 nitrogen and oxygen atoms in total. The van der Waals surface area contributed by atoms with E-state index in [9.17, 15) is 0 Å². The largest absolute Gasteiger partial charge is 0.350 e. The van der Waals surface area contributed by atoms with Crippen LogP contribution in [-0.4, -0.2) is 13.8 Å². The topological polar surface area (TPSA) is 9.23 Å². The molecule has 0 fully saturated rings. The SMILES string of the molecule is COP(C)(=S)c1ccccc1. The van der Waals surface area contributed by atoms with Crippen LogP contribution >= 0.6 is 6.26 Å². The Kier molecular flexibility index (Phi) is 2.83. The Morgan fingerprint density at radius 3 is 2.27 bits per heavy atom. The van der Waals surface area contributed by atoms with E-state index in [-0.39, 0.29) is 0 Å². The molecule has 0 aliphatic rings. The summed E-state index contributed by atoms with van der Waals surface area (Å²) in [5.74, 6) is 0. The third-order valence-corrected chi connectivity index (χ3v) is 4.59. The van der Waals surface area contributed by atoms with Crippen LogP contribution in [0.1, 0.15) is 0 Å². The fourth-order valence-electron chi connectivity index (χ4n) is 0.804. The highest BCUT2D eigenvalue weighted by Crippen LogP contribution is 2.39. The van der Waals surface area contributed by atoms with Crippen molar-refractivity contribution in [3.63, 3.8) is 0 Å². The molecule has 0 saturated carbocycles. The van der Waals surface area contributed by atoms with Crippen LogP contribution in [0.15, 0.2) is 30.3 Å². The minimum absolute atomic E-state index is 1.14. The molecule has 0 aliphatic heterocycles. The minimum atomic E-state index is -1.69. The van der Waals surface area contributed by atoms with E-state index in [0.717, 1.165) is 5.30 Å². The van der Waals surface area contributed by atoms with Crippen LogP contribution in [0.4, 0.5) is 0 Å². The van der Waals surface area contributed by atoms with E-state index in [4.69, 9.17) is 16.3 Å². The van der Waals surface area contributed by atoms with Crippen LogP contribution in [-0.2, 0) is 16.3 Å². The quantitative estimate of drug-likeness (QED) is 0.653. The highest BCUT2D eigenvalue weighted by Gasteiger charge is 2.09. The van der Waals surface area contributed by atoms with Gasteiger partial charge in [0.25, 0.3) is 0 Å². The van der Waals surface area contributed by atoms with Gasteiger partial charge < -0.3 is 4.52 Å². The van der Waals surface area contributed by atoms with Gasteiger partial charge in [0, 0.05) is 12.4 Å². The summed E-state index contributed by atoms with van der Waals surface area (Å²) in [6, 6.07) is 9.99. The van der Waals surface area contributed by atoms with Gasteiger partial charge in [-0.15, -0.1) is 0 Å². The molecule has 0 heterocycles. The van der Waals surface area contributed by atoms with Gasteiger partial charge in [0.1, 0.15) is 0 Å². The number of hydrogen-bond acceptors (Lipinski definition) is 2. The molecule has 60 valence electrons. The number of hydrogen-bond donors (Lipinski definition) is 0. The normalized spacial score (nSPS) is 15.8. The van der Waals surface area contributed by atoms with Gasteiger partial charge in [-0.3, -0.25) is 0 Å². The van der Waals surface area contributed by atoms with E-state index in [1.807, 2.05) is 37.0 Å². The van der Waals surface area contributed by atoms with Crippen molar-refractivity contribution in [3.05, 3.63) is 30.3 Å². The predicted octanol–water partition coefficient (Wildman–Crippen LogP) is 1.98. The lowest BCUT2D eigenvalue weighted by Crippen LogP contribution is -2.02. The second-order valence-electron chi connectivity index (χ2n) is 2.36. The van der Waals surface area contributed by atoms with Gasteiger partial charge in [0.2, 0.25) is 0 Å². The molecular weight excluding hydrogens is 175 g/mol. The summed E-state index contributed by atoms with van der Waals surface area (Å²) >= 11 is 5.30. The average molecular weight is 186 g/mol. The maximum absolute atomic E-state index is 5.30. The lowest BCUT2D eigenvalue weighted by atomic mass is 10.4. The lowest BCUT2D eigenvalue weighted by Gasteiger charge is -2.13. The molecule has 1 atom stereocenters. The maximum Gasteiger partial charge on any atom is 0.0914 e. The second kappa shape index (κ2) is 3.48. The molecule has 0 aliphatic carbocycles. The molecule has 1 aromatic carbocycles. The zero-order chi connectivity index (χ0) is 8.32. The van der Waals surface area contributed by atoms with Crippen molar-refractivity contribution >= 4 is 23.4 Å². The van der Waals surface area contributed by atoms with Crippen molar-refractivity contribution in [1.29, 1.82) is 0 Å². The van der Waals surface area contributed by atoms with Crippen LogP contribution in [0.2, 0.25) is 0 Å². The monoisotopic (exact) mass is 186 g/mol. The summed E-state index contributed by atoms with van der Waals surface area (Å²) in [4.78, 5) is 0. The number of benzene rings is 1. The molecule has 0 aromatic heterocycles. The first-order valence-electron chi connectivity index (χ1n) is 3.35. The molecule has 0 amide bonds. The van der Waals surface area contributed by atoms with Gasteiger partial charge >= 0.3 is 0 Å². The van der Waals surface area contributed by atoms with Crippen molar-refractivity contribution in [2.45, 2.75) is 0 Å². The molecule has 0 radical (unpaired) electrons. The van der Waals surface area contributed by atoms with Crippen LogP contribution in [0.25, 0.3) is 0 Å². The first-order chi connectivity index (χ1) is 5.17. The first-order valence-corrected chi connectivity index (χ1v) is 6.52. The van der Waals surface area contributed by atoms with Crippen molar-refractivity contribution in [1.82, 2.24) is 0 Å². The second-order valence-corrected chi connectivity index (χ2v) is 7.03. The van der Waals surface area contributed by atoms with Crippen LogP contribution < -0.4 is 5.30 Å². The van der Waals surface area contributed by atoms with Crippen molar-refractivity contribution in [2.24, 2.45) is 0 Å². The van der Waals surface area contributed by atoms with Crippen LogP contribution in [0.5, 0.6) is 0 Å². The van der Waals surface area contributed by atoms with E-state index >= 15 is 0 Å². The molecule has 0 N–H and O–H groups in total. The summed E-state index contributed by atoms with van der Waals surface area (Å²) in [6.45, 7) is 1.98. The zero-order valence-corrected chi connectivity index (χ0v) is 8.36. The third kappa shape index (κ3) is 2.13. The minimum Gasteiger partial charge on any atom is -0.350 e.